The van der Waals surface area contributed by atoms with Gasteiger partial charge in [-0.25, -0.2) is 9.97 Å². The number of aromatic nitrogens is 2. The van der Waals surface area contributed by atoms with E-state index >= 15 is 0 Å². The van der Waals surface area contributed by atoms with Gasteiger partial charge in [0.15, 0.2) is 5.78 Å². The maximum Gasteiger partial charge on any atom is 0.166 e. The summed E-state index contributed by atoms with van der Waals surface area (Å²) in [6, 6.07) is 8.44. The Labute approximate surface area is 122 Å². The first-order valence-electron chi connectivity index (χ1n) is 6.80. The van der Waals surface area contributed by atoms with E-state index in [4.69, 9.17) is 0 Å². The highest BCUT2D eigenvalue weighted by Crippen LogP contribution is 2.23. The van der Waals surface area contributed by atoms with E-state index in [-0.39, 0.29) is 5.78 Å². The first kappa shape index (κ1) is 13.3. The van der Waals surface area contributed by atoms with Crippen molar-refractivity contribution in [1.82, 2.24) is 9.97 Å². The molecule has 0 bridgehead atoms. The van der Waals surface area contributed by atoms with Crippen molar-refractivity contribution in [3.8, 4) is 0 Å². The molecule has 3 rings (SSSR count). The van der Waals surface area contributed by atoms with Gasteiger partial charge in [0.2, 0.25) is 0 Å². The minimum Gasteiger partial charge on any atom is -0.294 e. The molecule has 0 N–H and O–H groups in total. The minimum absolute atomic E-state index is 0.184. The third-order valence-electron chi connectivity index (χ3n) is 3.42. The van der Waals surface area contributed by atoms with E-state index in [2.05, 4.69) is 41.2 Å². The molecule has 1 heterocycles. The zero-order valence-electron chi connectivity index (χ0n) is 11.4. The maximum atomic E-state index is 11.7. The molecule has 0 radical (unpaired) electrons. The third-order valence-corrected chi connectivity index (χ3v) is 4.43. The number of benzene rings is 1. The van der Waals surface area contributed by atoms with Crippen LogP contribution in [-0.4, -0.2) is 15.8 Å². The number of nitrogens with zero attached hydrogens (tertiary/aromatic N) is 2. The quantitative estimate of drug-likeness (QED) is 0.808. The van der Waals surface area contributed by atoms with E-state index in [1.165, 1.54) is 10.5 Å². The number of rotatable bonds is 3. The van der Waals surface area contributed by atoms with Crippen molar-refractivity contribution < 1.29 is 4.79 Å². The molecule has 0 saturated heterocycles. The van der Waals surface area contributed by atoms with Gasteiger partial charge >= 0.3 is 0 Å². The van der Waals surface area contributed by atoms with Gasteiger partial charge in [-0.05, 0) is 31.9 Å². The van der Waals surface area contributed by atoms with Gasteiger partial charge in [0.1, 0.15) is 5.82 Å². The van der Waals surface area contributed by atoms with Gasteiger partial charge in [0.25, 0.3) is 0 Å². The number of ketones is 1. The van der Waals surface area contributed by atoms with Gasteiger partial charge in [-0.3, -0.25) is 4.79 Å². The van der Waals surface area contributed by atoms with Crippen LogP contribution in [0.15, 0.2) is 35.4 Å². The van der Waals surface area contributed by atoms with Crippen LogP contribution in [0.1, 0.15) is 40.3 Å². The normalized spacial score (nSPS) is 14.2. The lowest BCUT2D eigenvalue weighted by Gasteiger charge is -2.13. The molecule has 0 saturated carbocycles. The number of Topliss-reactive ketones (excluding diaryl/α,β-unsaturated/α-hetero) is 1. The molecule has 2 aromatic rings. The highest BCUT2D eigenvalue weighted by atomic mass is 32.2. The molecule has 0 spiro atoms. The van der Waals surface area contributed by atoms with E-state index in [1.54, 1.807) is 18.0 Å². The van der Waals surface area contributed by atoms with Crippen molar-refractivity contribution in [2.24, 2.45) is 0 Å². The second-order valence-electron chi connectivity index (χ2n) is 5.03. The van der Waals surface area contributed by atoms with E-state index in [1.807, 2.05) is 0 Å². The number of thioether (sulfide) groups is 1. The monoisotopic (exact) mass is 284 g/mol. The van der Waals surface area contributed by atoms with Crippen molar-refractivity contribution in [2.45, 2.75) is 36.8 Å². The fourth-order valence-corrected chi connectivity index (χ4v) is 3.05. The number of hydrogen-bond acceptors (Lipinski definition) is 4. The summed E-state index contributed by atoms with van der Waals surface area (Å²) >= 11 is 1.72. The first-order chi connectivity index (χ1) is 9.72. The van der Waals surface area contributed by atoms with Crippen LogP contribution in [0.4, 0.5) is 0 Å². The molecule has 0 aliphatic heterocycles. The van der Waals surface area contributed by atoms with Crippen molar-refractivity contribution >= 4 is 17.5 Å². The Bertz CT molecular complexity index is 637. The summed E-state index contributed by atoms with van der Waals surface area (Å²) < 4.78 is 0. The summed E-state index contributed by atoms with van der Waals surface area (Å²) in [5, 5.41) is 0. The zero-order valence-corrected chi connectivity index (χ0v) is 12.2. The van der Waals surface area contributed by atoms with Crippen LogP contribution >= 0.6 is 11.8 Å². The standard InChI is InChI=1S/C16H16N2OS/c1-11-5-7-12(8-6-11)20-10-16-17-9-13-14(18-16)3-2-4-15(13)19/h5-9H,2-4,10H2,1H3. The van der Waals surface area contributed by atoms with Gasteiger partial charge in [-0.15, -0.1) is 11.8 Å². The van der Waals surface area contributed by atoms with Gasteiger partial charge in [-0.1, -0.05) is 17.7 Å². The summed E-state index contributed by atoms with van der Waals surface area (Å²) in [4.78, 5) is 21.8. The zero-order chi connectivity index (χ0) is 13.9. The lowest BCUT2D eigenvalue weighted by atomic mass is 9.96. The van der Waals surface area contributed by atoms with E-state index in [0.29, 0.717) is 6.42 Å². The predicted octanol–water partition coefficient (Wildman–Crippen LogP) is 3.60. The first-order valence-corrected chi connectivity index (χ1v) is 7.78. The van der Waals surface area contributed by atoms with E-state index < -0.39 is 0 Å². The molecule has 4 heteroatoms. The molecular weight excluding hydrogens is 268 g/mol. The van der Waals surface area contributed by atoms with Crippen LogP contribution in [-0.2, 0) is 12.2 Å². The van der Waals surface area contributed by atoms with Gasteiger partial charge in [0.05, 0.1) is 17.0 Å². The Kier molecular flexibility index (Phi) is 3.83. The summed E-state index contributed by atoms with van der Waals surface area (Å²) in [5.74, 6) is 1.73. The Morgan fingerprint density at radius 3 is 2.80 bits per heavy atom. The Morgan fingerprint density at radius 2 is 2.00 bits per heavy atom. The summed E-state index contributed by atoms with van der Waals surface area (Å²) in [6.07, 6.45) is 4.14. The fourth-order valence-electron chi connectivity index (χ4n) is 2.28. The lowest BCUT2D eigenvalue weighted by molar-refractivity contribution is 0.0971. The Hall–Kier alpha value is -1.68. The van der Waals surface area contributed by atoms with Gasteiger partial charge < -0.3 is 0 Å². The highest BCUT2D eigenvalue weighted by Gasteiger charge is 2.19. The van der Waals surface area contributed by atoms with Crippen LogP contribution in [0, 0.1) is 6.92 Å². The molecule has 0 unspecified atom stereocenters. The second kappa shape index (κ2) is 5.75. The van der Waals surface area contributed by atoms with Crippen LogP contribution in [0.5, 0.6) is 0 Å². The molecule has 0 atom stereocenters. The second-order valence-corrected chi connectivity index (χ2v) is 6.07. The number of carbonyl (C=O) groups excluding carboxylic acids is 1. The van der Waals surface area contributed by atoms with Crippen molar-refractivity contribution in [3.63, 3.8) is 0 Å². The Balaban J connectivity index is 1.72. The predicted molar refractivity (Wildman–Crippen MR) is 80.0 cm³/mol. The smallest absolute Gasteiger partial charge is 0.166 e. The summed E-state index contributed by atoms with van der Waals surface area (Å²) in [6.45, 7) is 2.08. The molecule has 1 aliphatic carbocycles. The Morgan fingerprint density at radius 1 is 1.20 bits per heavy atom. The van der Waals surface area contributed by atoms with Gasteiger partial charge in [0, 0.05) is 17.5 Å². The van der Waals surface area contributed by atoms with Crippen molar-refractivity contribution in [3.05, 3.63) is 53.1 Å². The van der Waals surface area contributed by atoms with Crippen LogP contribution in [0.3, 0.4) is 0 Å². The molecule has 0 amide bonds. The third kappa shape index (κ3) is 2.90. The number of hydrogen-bond donors (Lipinski definition) is 0. The molecule has 1 aromatic heterocycles. The molecule has 102 valence electrons. The fraction of sp³-hybridized carbons (Fsp3) is 0.312. The summed E-state index contributed by atoms with van der Waals surface area (Å²) in [5.41, 5.74) is 2.91. The van der Waals surface area contributed by atoms with Crippen LogP contribution in [0.25, 0.3) is 0 Å². The summed E-state index contributed by atoms with van der Waals surface area (Å²) in [7, 11) is 0. The average molecular weight is 284 g/mol. The molecule has 1 aliphatic rings. The highest BCUT2D eigenvalue weighted by molar-refractivity contribution is 7.98. The van der Waals surface area contributed by atoms with Crippen LogP contribution in [0.2, 0.25) is 0 Å². The number of carbonyl (C=O) groups is 1. The van der Waals surface area contributed by atoms with E-state index in [0.717, 1.165) is 35.7 Å². The largest absolute Gasteiger partial charge is 0.294 e. The molecule has 0 fully saturated rings. The molecule has 1 aromatic carbocycles. The molecule has 20 heavy (non-hydrogen) atoms. The molecule has 3 nitrogen and oxygen atoms in total. The average Bonchev–Trinajstić information content (AvgIpc) is 2.47. The topological polar surface area (TPSA) is 42.9 Å². The van der Waals surface area contributed by atoms with E-state index in [9.17, 15) is 4.79 Å². The van der Waals surface area contributed by atoms with Crippen LogP contribution < -0.4 is 0 Å². The van der Waals surface area contributed by atoms with Crippen molar-refractivity contribution in [2.75, 3.05) is 0 Å². The molecular formula is C16H16N2OS. The number of fused-ring (bicyclic) bond motifs is 1. The number of aryl methyl sites for hydroxylation is 2. The SMILES string of the molecule is Cc1ccc(SCc2ncc3c(n2)CCCC3=O)cc1. The lowest BCUT2D eigenvalue weighted by Crippen LogP contribution is -2.14. The van der Waals surface area contributed by atoms with Crippen molar-refractivity contribution in [1.29, 1.82) is 0 Å². The minimum atomic E-state index is 0.184. The van der Waals surface area contributed by atoms with Gasteiger partial charge in [-0.2, -0.15) is 0 Å². The maximum absolute atomic E-state index is 11.7.